The standard InChI is InChI=1S/C17H18BrF2N/c1-10-8-17(20)15(9-16(10)19)12(3)21-11(2)13-4-6-14(18)7-5-13/h4-9,11-12,21H,1-3H3. The lowest BCUT2D eigenvalue weighted by Gasteiger charge is -2.21. The second kappa shape index (κ2) is 6.67. The lowest BCUT2D eigenvalue weighted by Crippen LogP contribution is -2.23. The molecule has 21 heavy (non-hydrogen) atoms. The van der Waals surface area contributed by atoms with Crippen LogP contribution in [0.4, 0.5) is 8.78 Å². The molecule has 0 amide bonds. The number of nitrogens with one attached hydrogen (secondary N) is 1. The van der Waals surface area contributed by atoms with Gasteiger partial charge in [0.2, 0.25) is 0 Å². The normalized spacial score (nSPS) is 14.0. The summed E-state index contributed by atoms with van der Waals surface area (Å²) < 4.78 is 28.6. The Bertz CT molecular complexity index is 625. The van der Waals surface area contributed by atoms with Gasteiger partial charge in [0.15, 0.2) is 0 Å². The first-order valence-corrected chi connectivity index (χ1v) is 7.65. The van der Waals surface area contributed by atoms with Gasteiger partial charge < -0.3 is 5.32 Å². The molecular weight excluding hydrogens is 336 g/mol. The van der Waals surface area contributed by atoms with Crippen LogP contribution in [0.1, 0.15) is 42.6 Å². The predicted octanol–water partition coefficient (Wildman–Crippen LogP) is 5.45. The highest BCUT2D eigenvalue weighted by Gasteiger charge is 2.16. The maximum absolute atomic E-state index is 14.0. The highest BCUT2D eigenvalue weighted by atomic mass is 79.9. The third-order valence-corrected chi connectivity index (χ3v) is 4.14. The molecule has 2 unspecified atom stereocenters. The summed E-state index contributed by atoms with van der Waals surface area (Å²) in [6.45, 7) is 5.40. The van der Waals surface area contributed by atoms with Crippen molar-refractivity contribution in [2.45, 2.75) is 32.9 Å². The van der Waals surface area contributed by atoms with Gasteiger partial charge in [-0.1, -0.05) is 28.1 Å². The van der Waals surface area contributed by atoms with E-state index < -0.39 is 0 Å². The summed E-state index contributed by atoms with van der Waals surface area (Å²) in [7, 11) is 0. The average molecular weight is 354 g/mol. The predicted molar refractivity (Wildman–Crippen MR) is 85.2 cm³/mol. The molecule has 0 aliphatic heterocycles. The van der Waals surface area contributed by atoms with Gasteiger partial charge in [0.05, 0.1) is 0 Å². The molecule has 2 aromatic carbocycles. The molecule has 0 spiro atoms. The van der Waals surface area contributed by atoms with Crippen LogP contribution in [0, 0.1) is 18.6 Å². The highest BCUT2D eigenvalue weighted by Crippen LogP contribution is 2.24. The van der Waals surface area contributed by atoms with Crippen LogP contribution in [0.3, 0.4) is 0 Å². The highest BCUT2D eigenvalue weighted by molar-refractivity contribution is 9.10. The molecule has 1 nitrogen and oxygen atoms in total. The Kier molecular flexibility index (Phi) is 5.12. The van der Waals surface area contributed by atoms with E-state index in [1.807, 2.05) is 38.1 Å². The SMILES string of the molecule is Cc1cc(F)c(C(C)NC(C)c2ccc(Br)cc2)cc1F. The van der Waals surface area contributed by atoms with Crippen LogP contribution >= 0.6 is 15.9 Å². The van der Waals surface area contributed by atoms with E-state index in [-0.39, 0.29) is 23.7 Å². The van der Waals surface area contributed by atoms with Crippen molar-refractivity contribution < 1.29 is 8.78 Å². The number of halogens is 3. The monoisotopic (exact) mass is 353 g/mol. The van der Waals surface area contributed by atoms with Crippen LogP contribution in [-0.4, -0.2) is 0 Å². The zero-order valence-electron chi connectivity index (χ0n) is 12.3. The number of aryl methyl sites for hydroxylation is 1. The summed E-state index contributed by atoms with van der Waals surface area (Å²) in [5.74, 6) is -0.756. The molecule has 0 aliphatic rings. The fraction of sp³-hybridized carbons (Fsp3) is 0.294. The van der Waals surface area contributed by atoms with Crippen molar-refractivity contribution in [2.75, 3.05) is 0 Å². The smallest absolute Gasteiger partial charge is 0.128 e. The number of benzene rings is 2. The first-order valence-electron chi connectivity index (χ1n) is 6.85. The van der Waals surface area contributed by atoms with Crippen LogP contribution in [0.5, 0.6) is 0 Å². The molecule has 0 saturated carbocycles. The quantitative estimate of drug-likeness (QED) is 0.770. The second-order valence-electron chi connectivity index (χ2n) is 5.28. The minimum atomic E-state index is -0.378. The van der Waals surface area contributed by atoms with E-state index in [4.69, 9.17) is 0 Å². The van der Waals surface area contributed by atoms with Crippen molar-refractivity contribution in [3.63, 3.8) is 0 Å². The van der Waals surface area contributed by atoms with E-state index in [1.54, 1.807) is 6.92 Å². The number of hydrogen-bond donors (Lipinski definition) is 1. The summed E-state index contributed by atoms with van der Waals surface area (Å²) in [6, 6.07) is 10.2. The van der Waals surface area contributed by atoms with E-state index in [2.05, 4.69) is 21.2 Å². The van der Waals surface area contributed by atoms with Crippen molar-refractivity contribution in [3.8, 4) is 0 Å². The summed E-state index contributed by atoms with van der Waals surface area (Å²) in [6.07, 6.45) is 0. The van der Waals surface area contributed by atoms with Gasteiger partial charge in [-0.15, -0.1) is 0 Å². The zero-order chi connectivity index (χ0) is 15.6. The zero-order valence-corrected chi connectivity index (χ0v) is 13.8. The van der Waals surface area contributed by atoms with E-state index >= 15 is 0 Å². The van der Waals surface area contributed by atoms with Gasteiger partial charge >= 0.3 is 0 Å². The van der Waals surface area contributed by atoms with Gasteiger partial charge in [0.25, 0.3) is 0 Å². The third kappa shape index (κ3) is 3.89. The lowest BCUT2D eigenvalue weighted by atomic mass is 10.0. The number of hydrogen-bond acceptors (Lipinski definition) is 1. The van der Waals surface area contributed by atoms with Gasteiger partial charge in [-0.05, 0) is 56.2 Å². The summed E-state index contributed by atoms with van der Waals surface area (Å²) in [5, 5.41) is 3.30. The van der Waals surface area contributed by atoms with Gasteiger partial charge in [-0.3, -0.25) is 0 Å². The Morgan fingerprint density at radius 3 is 2.19 bits per heavy atom. The van der Waals surface area contributed by atoms with Crippen LogP contribution in [0.2, 0.25) is 0 Å². The van der Waals surface area contributed by atoms with Crippen LogP contribution in [-0.2, 0) is 0 Å². The second-order valence-corrected chi connectivity index (χ2v) is 6.20. The van der Waals surface area contributed by atoms with E-state index in [9.17, 15) is 8.78 Å². The maximum atomic E-state index is 14.0. The van der Waals surface area contributed by atoms with Crippen LogP contribution < -0.4 is 5.32 Å². The molecule has 0 aromatic heterocycles. The molecule has 0 fully saturated rings. The fourth-order valence-corrected chi connectivity index (χ4v) is 2.57. The maximum Gasteiger partial charge on any atom is 0.128 e. The Labute approximate surface area is 132 Å². The van der Waals surface area contributed by atoms with Gasteiger partial charge in [-0.25, -0.2) is 8.78 Å². The largest absolute Gasteiger partial charge is 0.304 e. The molecule has 2 rings (SSSR count). The van der Waals surface area contributed by atoms with E-state index in [0.717, 1.165) is 10.0 Å². The third-order valence-electron chi connectivity index (χ3n) is 3.61. The van der Waals surface area contributed by atoms with Crippen molar-refractivity contribution in [2.24, 2.45) is 0 Å². The molecule has 112 valence electrons. The number of rotatable bonds is 4. The van der Waals surface area contributed by atoms with Crippen molar-refractivity contribution >= 4 is 15.9 Å². The first-order chi connectivity index (χ1) is 9.88. The molecule has 0 bridgehead atoms. The van der Waals surface area contributed by atoms with Crippen molar-refractivity contribution in [1.29, 1.82) is 0 Å². The molecule has 1 N–H and O–H groups in total. The topological polar surface area (TPSA) is 12.0 Å². The molecule has 2 atom stereocenters. The molecule has 0 saturated heterocycles. The van der Waals surface area contributed by atoms with Crippen LogP contribution in [0.25, 0.3) is 0 Å². The molecule has 2 aromatic rings. The van der Waals surface area contributed by atoms with E-state index in [0.29, 0.717) is 11.1 Å². The minimum absolute atomic E-state index is 0.0388. The summed E-state index contributed by atoms with van der Waals surface area (Å²) in [4.78, 5) is 0. The minimum Gasteiger partial charge on any atom is -0.304 e. The summed E-state index contributed by atoms with van der Waals surface area (Å²) >= 11 is 3.39. The van der Waals surface area contributed by atoms with Crippen LogP contribution in [0.15, 0.2) is 40.9 Å². The molecule has 0 radical (unpaired) electrons. The van der Waals surface area contributed by atoms with Gasteiger partial charge in [0.1, 0.15) is 11.6 Å². The fourth-order valence-electron chi connectivity index (χ4n) is 2.31. The molecule has 4 heteroatoms. The Balaban J connectivity index is 2.15. The first kappa shape index (κ1) is 16.1. The Morgan fingerprint density at radius 1 is 0.952 bits per heavy atom. The van der Waals surface area contributed by atoms with Gasteiger partial charge in [0, 0.05) is 22.1 Å². The molecule has 0 aliphatic carbocycles. The Morgan fingerprint density at radius 2 is 1.57 bits per heavy atom. The molecular formula is C17H18BrF2N. The summed E-state index contributed by atoms with van der Waals surface area (Å²) in [5.41, 5.74) is 1.77. The van der Waals surface area contributed by atoms with E-state index in [1.165, 1.54) is 12.1 Å². The van der Waals surface area contributed by atoms with Gasteiger partial charge in [-0.2, -0.15) is 0 Å². The molecule has 0 heterocycles. The van der Waals surface area contributed by atoms with Crippen molar-refractivity contribution in [1.82, 2.24) is 5.32 Å². The average Bonchev–Trinajstić information content (AvgIpc) is 2.43. The lowest BCUT2D eigenvalue weighted by molar-refractivity contribution is 0.469. The Hall–Kier alpha value is -1.26. The van der Waals surface area contributed by atoms with Crippen molar-refractivity contribution in [3.05, 3.63) is 69.2 Å².